The van der Waals surface area contributed by atoms with Crippen LogP contribution < -0.4 is 0 Å². The molecule has 0 amide bonds. The van der Waals surface area contributed by atoms with E-state index in [1.54, 1.807) is 0 Å². The molecule has 0 saturated carbocycles. The van der Waals surface area contributed by atoms with Crippen molar-refractivity contribution in [2.75, 3.05) is 0 Å². The Balaban J connectivity index is 3.34. The SMILES string of the molecule is O=C(CC(=O)C(F)(F)C(F)(F)C(F)(F)C(F)(F)C(F)(F)C(F)(F)F)c1cccs1. The van der Waals surface area contributed by atoms with Crippen molar-refractivity contribution < 1.29 is 66.7 Å². The lowest BCUT2D eigenvalue weighted by atomic mass is 9.91. The smallest absolute Gasteiger partial charge is 0.293 e. The first-order valence-corrected chi connectivity index (χ1v) is 7.60. The quantitative estimate of drug-likeness (QED) is 0.279. The van der Waals surface area contributed by atoms with Gasteiger partial charge in [0.1, 0.15) is 0 Å². The second-order valence-electron chi connectivity index (χ2n) is 5.37. The Bertz CT molecular complexity index is 764. The van der Waals surface area contributed by atoms with E-state index < -0.39 is 58.7 Å². The van der Waals surface area contributed by atoms with Gasteiger partial charge in [0, 0.05) is 0 Å². The molecule has 0 unspecified atom stereocenters. The fourth-order valence-corrected chi connectivity index (χ4v) is 2.39. The maximum atomic E-state index is 13.5. The van der Waals surface area contributed by atoms with E-state index in [1.165, 1.54) is 0 Å². The van der Waals surface area contributed by atoms with Crippen LogP contribution in [0.4, 0.5) is 57.1 Å². The van der Waals surface area contributed by atoms with E-state index in [0.29, 0.717) is 11.3 Å². The number of Topliss-reactive ketones (excluding diaryl/α,β-unsaturated/α-hetero) is 2. The van der Waals surface area contributed by atoms with Gasteiger partial charge in [-0.3, -0.25) is 9.59 Å². The van der Waals surface area contributed by atoms with Crippen molar-refractivity contribution in [3.05, 3.63) is 22.4 Å². The molecule has 1 rings (SSSR count). The van der Waals surface area contributed by atoms with Crippen LogP contribution in [0.3, 0.4) is 0 Å². The number of hydrogen-bond donors (Lipinski definition) is 0. The summed E-state index contributed by atoms with van der Waals surface area (Å²) in [5, 5.41) is 1.14. The summed E-state index contributed by atoms with van der Waals surface area (Å²) in [5.41, 5.74) is 0. The van der Waals surface area contributed by atoms with Gasteiger partial charge in [-0.15, -0.1) is 11.3 Å². The lowest BCUT2D eigenvalue weighted by Gasteiger charge is -2.39. The first-order valence-electron chi connectivity index (χ1n) is 6.72. The van der Waals surface area contributed by atoms with Crippen molar-refractivity contribution in [1.82, 2.24) is 0 Å². The fourth-order valence-electron chi connectivity index (χ4n) is 1.73. The summed E-state index contributed by atoms with van der Waals surface area (Å²) < 4.78 is 168. The van der Waals surface area contributed by atoms with Crippen LogP contribution in [-0.2, 0) is 4.79 Å². The Kier molecular flexibility index (Phi) is 6.18. The molecule has 16 heteroatoms. The number of hydrogen-bond acceptors (Lipinski definition) is 3. The first-order chi connectivity index (χ1) is 12.7. The number of halogens is 13. The second kappa shape index (κ2) is 7.12. The summed E-state index contributed by atoms with van der Waals surface area (Å²) in [6.45, 7) is 0. The van der Waals surface area contributed by atoms with E-state index >= 15 is 0 Å². The topological polar surface area (TPSA) is 34.1 Å². The molecule has 0 atom stereocenters. The highest BCUT2D eigenvalue weighted by Crippen LogP contribution is 2.60. The standard InChI is InChI=1S/C13H5F13O2S/c14-8(15,7(28)4-5(27)6-2-1-3-29-6)9(16,17)10(18,19)11(20,21)12(22,23)13(24,25)26/h1-3H,4H2. The minimum atomic E-state index is -8.09. The number of carbonyl (C=O) groups excluding carboxylic acids is 2. The minimum absolute atomic E-state index is 0.481. The minimum Gasteiger partial charge on any atom is -0.293 e. The van der Waals surface area contributed by atoms with Crippen molar-refractivity contribution in [3.8, 4) is 0 Å². The van der Waals surface area contributed by atoms with E-state index in [-0.39, 0.29) is 0 Å². The third kappa shape index (κ3) is 3.70. The molecular formula is C13H5F13O2S. The number of carbonyl (C=O) groups is 2. The van der Waals surface area contributed by atoms with Crippen molar-refractivity contribution in [2.45, 2.75) is 42.2 Å². The summed E-state index contributed by atoms with van der Waals surface area (Å²) >= 11 is 0.481. The molecule has 0 aliphatic carbocycles. The molecule has 0 fully saturated rings. The Labute approximate surface area is 155 Å². The van der Waals surface area contributed by atoms with E-state index in [2.05, 4.69) is 0 Å². The molecule has 0 spiro atoms. The molecular weight excluding hydrogens is 467 g/mol. The van der Waals surface area contributed by atoms with E-state index in [1.807, 2.05) is 0 Å². The predicted octanol–water partition coefficient (Wildman–Crippen LogP) is 5.63. The van der Waals surface area contributed by atoms with Crippen LogP contribution in [0.15, 0.2) is 17.5 Å². The van der Waals surface area contributed by atoms with Crippen LogP contribution in [0.1, 0.15) is 16.1 Å². The van der Waals surface area contributed by atoms with Gasteiger partial charge in [-0.2, -0.15) is 57.1 Å². The van der Waals surface area contributed by atoms with Crippen molar-refractivity contribution >= 4 is 22.9 Å². The molecule has 0 radical (unpaired) electrons. The zero-order chi connectivity index (χ0) is 23.3. The summed E-state index contributed by atoms with van der Waals surface area (Å²) in [4.78, 5) is 22.1. The van der Waals surface area contributed by atoms with Gasteiger partial charge < -0.3 is 0 Å². The molecule has 1 aromatic rings. The van der Waals surface area contributed by atoms with Crippen LogP contribution >= 0.6 is 11.3 Å². The molecule has 0 aliphatic rings. The predicted molar refractivity (Wildman–Crippen MR) is 69.1 cm³/mol. The molecule has 0 N–H and O–H groups in total. The third-order valence-corrected chi connectivity index (χ3v) is 4.31. The van der Waals surface area contributed by atoms with E-state index in [0.717, 1.165) is 17.5 Å². The molecule has 1 heterocycles. The highest BCUT2D eigenvalue weighted by Gasteiger charge is 2.91. The van der Waals surface area contributed by atoms with Gasteiger partial charge in [0.2, 0.25) is 5.78 Å². The Hall–Kier alpha value is -1.87. The molecule has 0 bridgehead atoms. The first kappa shape index (κ1) is 25.2. The highest BCUT2D eigenvalue weighted by molar-refractivity contribution is 7.12. The summed E-state index contributed by atoms with van der Waals surface area (Å²) in [6, 6.07) is 1.99. The summed E-state index contributed by atoms with van der Waals surface area (Å²) in [5.74, 6) is -43.7. The largest absolute Gasteiger partial charge is 0.460 e. The fraction of sp³-hybridized carbons (Fsp3) is 0.538. The Morgan fingerprint density at radius 1 is 0.724 bits per heavy atom. The van der Waals surface area contributed by atoms with Gasteiger partial charge in [-0.25, -0.2) is 0 Å². The summed E-state index contributed by atoms with van der Waals surface area (Å²) in [6.07, 6.45) is -9.79. The molecule has 0 aliphatic heterocycles. The maximum Gasteiger partial charge on any atom is 0.460 e. The summed E-state index contributed by atoms with van der Waals surface area (Å²) in [7, 11) is 0. The molecule has 166 valence electrons. The van der Waals surface area contributed by atoms with Crippen LogP contribution in [0.5, 0.6) is 0 Å². The zero-order valence-electron chi connectivity index (χ0n) is 13.1. The van der Waals surface area contributed by atoms with Gasteiger partial charge in [0.05, 0.1) is 11.3 Å². The van der Waals surface area contributed by atoms with Crippen LogP contribution in [0.2, 0.25) is 0 Å². The van der Waals surface area contributed by atoms with Crippen molar-refractivity contribution in [2.24, 2.45) is 0 Å². The second-order valence-corrected chi connectivity index (χ2v) is 6.32. The maximum absolute atomic E-state index is 13.5. The monoisotopic (exact) mass is 472 g/mol. The Morgan fingerprint density at radius 3 is 1.55 bits per heavy atom. The third-order valence-electron chi connectivity index (χ3n) is 3.40. The zero-order valence-corrected chi connectivity index (χ0v) is 13.9. The molecule has 1 aromatic heterocycles. The van der Waals surface area contributed by atoms with Gasteiger partial charge in [0.15, 0.2) is 5.78 Å². The molecule has 2 nitrogen and oxygen atoms in total. The molecule has 29 heavy (non-hydrogen) atoms. The van der Waals surface area contributed by atoms with Crippen LogP contribution in [0.25, 0.3) is 0 Å². The van der Waals surface area contributed by atoms with Gasteiger partial charge in [0.25, 0.3) is 0 Å². The van der Waals surface area contributed by atoms with Gasteiger partial charge >= 0.3 is 35.8 Å². The Morgan fingerprint density at radius 2 is 1.17 bits per heavy atom. The molecule has 0 saturated heterocycles. The van der Waals surface area contributed by atoms with Crippen molar-refractivity contribution in [1.29, 1.82) is 0 Å². The lowest BCUT2D eigenvalue weighted by molar-refractivity contribution is -0.436. The van der Waals surface area contributed by atoms with E-state index in [4.69, 9.17) is 0 Å². The van der Waals surface area contributed by atoms with E-state index in [9.17, 15) is 66.7 Å². The average molecular weight is 472 g/mol. The molecule has 0 aromatic carbocycles. The van der Waals surface area contributed by atoms with Gasteiger partial charge in [-0.05, 0) is 11.4 Å². The number of alkyl halides is 13. The highest BCUT2D eigenvalue weighted by atomic mass is 32.1. The number of ketones is 2. The van der Waals surface area contributed by atoms with Crippen LogP contribution in [0, 0.1) is 0 Å². The van der Waals surface area contributed by atoms with Crippen LogP contribution in [-0.4, -0.2) is 47.4 Å². The lowest BCUT2D eigenvalue weighted by Crippen LogP contribution is -2.71. The normalized spacial score (nSPS) is 14.8. The number of rotatable bonds is 8. The van der Waals surface area contributed by atoms with Crippen molar-refractivity contribution in [3.63, 3.8) is 0 Å². The average Bonchev–Trinajstić information content (AvgIpc) is 3.07. The van der Waals surface area contributed by atoms with Gasteiger partial charge in [-0.1, -0.05) is 6.07 Å². The number of thiophene rings is 1.